The molecule has 0 spiro atoms. The van der Waals surface area contributed by atoms with Gasteiger partial charge in [0, 0.05) is 18.1 Å². The van der Waals surface area contributed by atoms with E-state index in [4.69, 9.17) is 0 Å². The minimum Gasteiger partial charge on any atom is -0.210 e. The molecule has 25 heavy (non-hydrogen) atoms. The summed E-state index contributed by atoms with van der Waals surface area (Å²) in [5.74, 6) is 0.282. The smallest absolute Gasteiger partial charge is 0.210 e. The van der Waals surface area contributed by atoms with Gasteiger partial charge in [0.15, 0.2) is 0 Å². The van der Waals surface area contributed by atoms with Crippen molar-refractivity contribution in [1.29, 1.82) is 0 Å². The zero-order valence-electron chi connectivity index (χ0n) is 12.9. The molecule has 0 aliphatic heterocycles. The second-order valence-electron chi connectivity index (χ2n) is 5.04. The Morgan fingerprint density at radius 2 is 1.64 bits per heavy atom. The molecule has 0 amide bonds. The molecule has 2 rings (SSSR count). The third kappa shape index (κ3) is 5.45. The van der Waals surface area contributed by atoms with Crippen molar-refractivity contribution in [3.8, 4) is 0 Å². The van der Waals surface area contributed by atoms with Crippen LogP contribution < -0.4 is 4.72 Å². The molecule has 0 aliphatic rings. The number of halogens is 4. The Balaban J connectivity index is 1.94. The number of thioether (sulfide) groups is 1. The fourth-order valence-corrected chi connectivity index (χ4v) is 4.29. The van der Waals surface area contributed by atoms with Gasteiger partial charge in [-0.1, -0.05) is 30.3 Å². The van der Waals surface area contributed by atoms with Crippen LogP contribution in [-0.2, 0) is 22.0 Å². The van der Waals surface area contributed by atoms with Gasteiger partial charge >= 0.3 is 6.18 Å². The monoisotopic (exact) mass is 393 g/mol. The molecule has 0 aliphatic carbocycles. The highest BCUT2D eigenvalue weighted by Crippen LogP contribution is 2.33. The Morgan fingerprint density at radius 1 is 1.00 bits per heavy atom. The van der Waals surface area contributed by atoms with Crippen LogP contribution >= 0.6 is 11.8 Å². The largest absolute Gasteiger partial charge is 0.417 e. The van der Waals surface area contributed by atoms with Gasteiger partial charge in [-0.2, -0.15) is 24.9 Å². The van der Waals surface area contributed by atoms with Gasteiger partial charge in [-0.25, -0.2) is 17.5 Å². The van der Waals surface area contributed by atoms with Crippen LogP contribution in [0.15, 0.2) is 53.4 Å². The van der Waals surface area contributed by atoms with Crippen LogP contribution in [0.2, 0.25) is 0 Å². The van der Waals surface area contributed by atoms with E-state index in [-0.39, 0.29) is 12.4 Å². The average Bonchev–Trinajstić information content (AvgIpc) is 2.55. The van der Waals surface area contributed by atoms with E-state index in [9.17, 15) is 26.0 Å². The molecule has 0 unspecified atom stereocenters. The third-order valence-electron chi connectivity index (χ3n) is 3.24. The Hall–Kier alpha value is -1.58. The molecule has 0 radical (unpaired) electrons. The maximum absolute atomic E-state index is 13.4. The number of benzene rings is 2. The molecule has 0 saturated heterocycles. The minimum atomic E-state index is -4.76. The predicted molar refractivity (Wildman–Crippen MR) is 89.2 cm³/mol. The zero-order valence-corrected chi connectivity index (χ0v) is 14.5. The molecular formula is C16H15F4NO2S2. The van der Waals surface area contributed by atoms with Gasteiger partial charge < -0.3 is 0 Å². The Morgan fingerprint density at radius 3 is 2.32 bits per heavy atom. The molecule has 0 aromatic heterocycles. The second kappa shape index (κ2) is 8.20. The van der Waals surface area contributed by atoms with Crippen LogP contribution in [0.1, 0.15) is 11.1 Å². The summed E-state index contributed by atoms with van der Waals surface area (Å²) in [6, 6.07) is 10.2. The Bertz CT molecular complexity index is 823. The quantitative estimate of drug-likeness (QED) is 0.570. The summed E-state index contributed by atoms with van der Waals surface area (Å²) in [7, 11) is -4.28. The SMILES string of the molecule is O=S(=O)(NCCSCc1ccccc1F)c1ccccc1C(F)(F)F. The lowest BCUT2D eigenvalue weighted by Crippen LogP contribution is -2.28. The van der Waals surface area contributed by atoms with E-state index in [0.717, 1.165) is 18.2 Å². The average molecular weight is 393 g/mol. The van der Waals surface area contributed by atoms with E-state index in [1.54, 1.807) is 18.2 Å². The molecule has 0 heterocycles. The van der Waals surface area contributed by atoms with E-state index in [1.165, 1.54) is 23.9 Å². The lowest BCUT2D eigenvalue weighted by Gasteiger charge is -2.13. The number of alkyl halides is 3. The van der Waals surface area contributed by atoms with Crippen molar-refractivity contribution in [2.45, 2.75) is 16.8 Å². The predicted octanol–water partition coefficient (Wildman–Crippen LogP) is 4.06. The summed E-state index contributed by atoms with van der Waals surface area (Å²) in [6.07, 6.45) is -4.76. The molecule has 2 aromatic rings. The number of nitrogens with one attached hydrogen (secondary N) is 1. The van der Waals surface area contributed by atoms with Crippen molar-refractivity contribution >= 4 is 21.8 Å². The van der Waals surface area contributed by atoms with Crippen LogP contribution in [0.25, 0.3) is 0 Å². The molecule has 1 N–H and O–H groups in total. The van der Waals surface area contributed by atoms with Gasteiger partial charge in [-0.3, -0.25) is 0 Å². The van der Waals surface area contributed by atoms with Crippen molar-refractivity contribution in [2.75, 3.05) is 12.3 Å². The summed E-state index contributed by atoms with van der Waals surface area (Å²) in [6.45, 7) is -0.0619. The van der Waals surface area contributed by atoms with Crippen molar-refractivity contribution in [1.82, 2.24) is 4.72 Å². The normalized spacial score (nSPS) is 12.3. The number of hydrogen-bond donors (Lipinski definition) is 1. The molecule has 9 heteroatoms. The lowest BCUT2D eigenvalue weighted by molar-refractivity contribution is -0.139. The van der Waals surface area contributed by atoms with E-state index in [2.05, 4.69) is 4.72 Å². The maximum atomic E-state index is 13.4. The van der Waals surface area contributed by atoms with E-state index < -0.39 is 26.7 Å². The molecule has 2 aromatic carbocycles. The van der Waals surface area contributed by atoms with Crippen molar-refractivity contribution in [3.05, 3.63) is 65.5 Å². The Kier molecular flexibility index (Phi) is 6.47. The van der Waals surface area contributed by atoms with Gasteiger partial charge in [-0.15, -0.1) is 0 Å². The number of hydrogen-bond acceptors (Lipinski definition) is 3. The lowest BCUT2D eigenvalue weighted by atomic mass is 10.2. The first kappa shape index (κ1) is 19.7. The van der Waals surface area contributed by atoms with Gasteiger partial charge in [-0.05, 0) is 23.8 Å². The summed E-state index contributed by atoms with van der Waals surface area (Å²) < 4.78 is 78.5. The first-order valence-corrected chi connectivity index (χ1v) is 9.82. The number of rotatable bonds is 7. The molecule has 0 atom stereocenters. The van der Waals surface area contributed by atoms with Gasteiger partial charge in [0.2, 0.25) is 10.0 Å². The van der Waals surface area contributed by atoms with Crippen molar-refractivity contribution in [2.24, 2.45) is 0 Å². The first-order valence-electron chi connectivity index (χ1n) is 7.19. The van der Waals surface area contributed by atoms with Crippen molar-refractivity contribution in [3.63, 3.8) is 0 Å². The molecule has 0 saturated carbocycles. The molecule has 136 valence electrons. The third-order valence-corrected chi connectivity index (χ3v) is 5.76. The summed E-state index contributed by atoms with van der Waals surface area (Å²) in [4.78, 5) is -0.804. The molecule has 0 bridgehead atoms. The molecular weight excluding hydrogens is 378 g/mol. The van der Waals surface area contributed by atoms with Crippen LogP contribution in [0.3, 0.4) is 0 Å². The van der Waals surface area contributed by atoms with E-state index in [0.29, 0.717) is 17.1 Å². The molecule has 3 nitrogen and oxygen atoms in total. The van der Waals surface area contributed by atoms with Gasteiger partial charge in [0.05, 0.1) is 10.5 Å². The highest BCUT2D eigenvalue weighted by atomic mass is 32.2. The standard InChI is InChI=1S/C16H15F4NO2S2/c17-14-7-3-1-5-12(14)11-24-10-9-21-25(22,23)15-8-4-2-6-13(15)16(18,19)20/h1-8,21H,9-11H2. The zero-order chi connectivity index (χ0) is 18.5. The number of sulfonamides is 1. The van der Waals surface area contributed by atoms with E-state index >= 15 is 0 Å². The fraction of sp³-hybridized carbons (Fsp3) is 0.250. The van der Waals surface area contributed by atoms with Crippen LogP contribution in [-0.4, -0.2) is 20.7 Å². The maximum Gasteiger partial charge on any atom is 0.417 e. The van der Waals surface area contributed by atoms with Crippen LogP contribution in [0, 0.1) is 5.82 Å². The summed E-state index contributed by atoms with van der Waals surface area (Å²) >= 11 is 1.28. The first-order chi connectivity index (χ1) is 11.7. The van der Waals surface area contributed by atoms with Gasteiger partial charge in [0.25, 0.3) is 0 Å². The molecule has 0 fully saturated rings. The Labute approximate surface area is 147 Å². The van der Waals surface area contributed by atoms with Gasteiger partial charge in [0.1, 0.15) is 5.82 Å². The highest BCUT2D eigenvalue weighted by Gasteiger charge is 2.36. The highest BCUT2D eigenvalue weighted by molar-refractivity contribution is 7.98. The summed E-state index contributed by atoms with van der Waals surface area (Å²) in [5, 5.41) is 0. The van der Waals surface area contributed by atoms with E-state index in [1.807, 2.05) is 0 Å². The van der Waals surface area contributed by atoms with Crippen LogP contribution in [0.4, 0.5) is 17.6 Å². The fourth-order valence-electron chi connectivity index (χ4n) is 2.06. The van der Waals surface area contributed by atoms with Crippen LogP contribution in [0.5, 0.6) is 0 Å². The summed E-state index contributed by atoms with van der Waals surface area (Å²) in [5.41, 5.74) is -0.723. The van der Waals surface area contributed by atoms with Crippen molar-refractivity contribution < 1.29 is 26.0 Å². The minimum absolute atomic E-state index is 0.0619. The topological polar surface area (TPSA) is 46.2 Å². The second-order valence-corrected chi connectivity index (χ2v) is 7.88.